The average molecular weight is 163 g/mol. The Balaban J connectivity index is 0. The van der Waals surface area contributed by atoms with E-state index < -0.39 is 19.7 Å². The molecule has 48 valence electrons. The van der Waals surface area contributed by atoms with Gasteiger partial charge in [-0.25, -0.2) is 0 Å². The number of rotatable bonds is 2. The fraction of sp³-hybridized carbons (Fsp3) is 0.500. The van der Waals surface area contributed by atoms with E-state index >= 15 is 0 Å². The zero-order valence-electron chi connectivity index (χ0n) is 4.81. The van der Waals surface area contributed by atoms with Gasteiger partial charge in [-0.1, -0.05) is 0 Å². The molecule has 0 aliphatic carbocycles. The molecule has 0 fully saturated rings. The minimum atomic E-state index is -4.32. The molecule has 5 nitrogen and oxygen atoms in total. The van der Waals surface area contributed by atoms with Crippen molar-refractivity contribution in [1.82, 2.24) is 0 Å². The van der Waals surface area contributed by atoms with Crippen molar-refractivity contribution in [2.45, 2.75) is 0 Å². The first-order valence-corrected chi connectivity index (χ1v) is 3.48. The molecule has 0 radical (unpaired) electrons. The normalized spacial score (nSPS) is 10.0. The maximum Gasteiger partial charge on any atom is 1.00 e. The molecule has 0 unspecified atom stereocenters. The summed E-state index contributed by atoms with van der Waals surface area (Å²) < 4.78 is 9.76. The molecule has 0 spiro atoms. The van der Waals surface area contributed by atoms with Crippen LogP contribution >= 0.6 is 7.60 Å². The number of hydrogen-bond acceptors (Lipinski definition) is 2. The van der Waals surface area contributed by atoms with Gasteiger partial charge in [0.05, 0.1) is 0 Å². The van der Waals surface area contributed by atoms with E-state index in [0.717, 1.165) is 0 Å². The number of aliphatic carboxylic acids is 1. The van der Waals surface area contributed by atoms with Crippen molar-refractivity contribution in [3.8, 4) is 0 Å². The van der Waals surface area contributed by atoms with Gasteiger partial charge in [-0.3, -0.25) is 9.36 Å². The maximum absolute atomic E-state index is 9.76. The van der Waals surface area contributed by atoms with Crippen LogP contribution in [0.3, 0.4) is 0 Å². The van der Waals surface area contributed by atoms with Crippen LogP contribution in [0.4, 0.5) is 0 Å². The van der Waals surface area contributed by atoms with E-state index in [4.69, 9.17) is 14.9 Å². The van der Waals surface area contributed by atoms with Crippen molar-refractivity contribution in [2.75, 3.05) is 6.16 Å². The van der Waals surface area contributed by atoms with E-state index in [1.54, 1.807) is 0 Å². The van der Waals surface area contributed by atoms with Gasteiger partial charge in [0.25, 0.3) is 0 Å². The minimum Gasteiger partial charge on any atom is -0.481 e. The standard InChI is InChI=1S/C2H5O5P.Na/c3-2(4)1-8(5,6)7;/h1H2,(H,3,4)(H2,5,6,7);/q;+1. The molecule has 0 aliphatic heterocycles. The summed E-state index contributed by atoms with van der Waals surface area (Å²) in [6.07, 6.45) is -1.09. The van der Waals surface area contributed by atoms with Gasteiger partial charge >= 0.3 is 43.1 Å². The first-order chi connectivity index (χ1) is 3.42. The molecular formula is C2H5NaO5P+. The fourth-order valence-electron chi connectivity index (χ4n) is 0.176. The summed E-state index contributed by atoms with van der Waals surface area (Å²) in [6.45, 7) is 0. The van der Waals surface area contributed by atoms with Crippen molar-refractivity contribution < 1.29 is 53.8 Å². The SMILES string of the molecule is O=C(O)CP(=O)(O)O.[Na+]. The summed E-state index contributed by atoms with van der Waals surface area (Å²) in [5.41, 5.74) is 0. The second-order valence-corrected chi connectivity index (χ2v) is 2.86. The molecule has 0 amide bonds. The molecule has 0 saturated heterocycles. The second kappa shape index (κ2) is 4.44. The molecule has 0 aromatic heterocycles. The predicted molar refractivity (Wildman–Crippen MR) is 24.5 cm³/mol. The maximum atomic E-state index is 9.76. The summed E-state index contributed by atoms with van der Waals surface area (Å²) >= 11 is 0. The molecule has 7 heteroatoms. The smallest absolute Gasteiger partial charge is 0.481 e. The van der Waals surface area contributed by atoms with Gasteiger partial charge in [0.1, 0.15) is 6.16 Å². The van der Waals surface area contributed by atoms with Crippen molar-refractivity contribution in [3.05, 3.63) is 0 Å². The van der Waals surface area contributed by atoms with Crippen LogP contribution < -0.4 is 29.6 Å². The van der Waals surface area contributed by atoms with E-state index in [1.165, 1.54) is 0 Å². The Morgan fingerprint density at radius 2 is 1.78 bits per heavy atom. The van der Waals surface area contributed by atoms with Gasteiger partial charge in [-0.2, -0.15) is 0 Å². The molecule has 3 N–H and O–H groups in total. The van der Waals surface area contributed by atoms with E-state index in [1.807, 2.05) is 0 Å². The topological polar surface area (TPSA) is 94.8 Å². The van der Waals surface area contributed by atoms with Gasteiger partial charge < -0.3 is 14.9 Å². The third-order valence-electron chi connectivity index (χ3n) is 0.341. The van der Waals surface area contributed by atoms with Crippen molar-refractivity contribution in [1.29, 1.82) is 0 Å². The summed E-state index contributed by atoms with van der Waals surface area (Å²) in [7, 11) is -4.32. The van der Waals surface area contributed by atoms with Crippen LogP contribution in [0.15, 0.2) is 0 Å². The summed E-state index contributed by atoms with van der Waals surface area (Å²) in [6, 6.07) is 0. The molecule has 0 aromatic carbocycles. The second-order valence-electron chi connectivity index (χ2n) is 1.22. The average Bonchev–Trinajstić information content (AvgIpc) is 1.21. The summed E-state index contributed by atoms with van der Waals surface area (Å²) in [4.78, 5) is 25.4. The van der Waals surface area contributed by atoms with Gasteiger partial charge in [-0.05, 0) is 0 Å². The predicted octanol–water partition coefficient (Wildman–Crippen LogP) is -3.75. The third kappa shape index (κ3) is 12.0. The molecule has 0 rings (SSSR count). The van der Waals surface area contributed by atoms with Gasteiger partial charge in [0.2, 0.25) is 0 Å². The molecule has 0 aromatic rings. The Bertz CT molecular complexity index is 138. The molecule has 0 atom stereocenters. The van der Waals surface area contributed by atoms with Gasteiger partial charge in [-0.15, -0.1) is 0 Å². The molecule has 0 aliphatic rings. The minimum absolute atomic E-state index is 0. The molecular weight excluding hydrogens is 158 g/mol. The zero-order chi connectivity index (χ0) is 6.78. The van der Waals surface area contributed by atoms with Crippen molar-refractivity contribution in [2.24, 2.45) is 0 Å². The first kappa shape index (κ1) is 12.3. The quantitative estimate of drug-likeness (QED) is 0.287. The molecule has 0 saturated carbocycles. The Morgan fingerprint density at radius 1 is 1.44 bits per heavy atom. The molecule has 0 heterocycles. The van der Waals surface area contributed by atoms with Crippen LogP contribution in [0, 0.1) is 0 Å². The molecule has 9 heavy (non-hydrogen) atoms. The molecule has 0 bridgehead atoms. The van der Waals surface area contributed by atoms with Crippen molar-refractivity contribution >= 4 is 13.6 Å². The van der Waals surface area contributed by atoms with E-state index in [2.05, 4.69) is 0 Å². The van der Waals surface area contributed by atoms with Gasteiger partial charge in [0, 0.05) is 0 Å². The Labute approximate surface area is 73.5 Å². The number of carboxylic acids is 1. The number of carbonyl (C=O) groups is 1. The number of hydrogen-bond donors (Lipinski definition) is 3. The van der Waals surface area contributed by atoms with Crippen LogP contribution in [0.25, 0.3) is 0 Å². The Hall–Kier alpha value is 0.620. The third-order valence-corrected chi connectivity index (χ3v) is 1.02. The van der Waals surface area contributed by atoms with Gasteiger partial charge in [0.15, 0.2) is 0 Å². The fourth-order valence-corrected chi connectivity index (χ4v) is 0.529. The van der Waals surface area contributed by atoms with Crippen LogP contribution in [-0.4, -0.2) is 27.0 Å². The zero-order valence-corrected chi connectivity index (χ0v) is 7.71. The summed E-state index contributed by atoms with van der Waals surface area (Å²) in [5.74, 6) is -1.49. The van der Waals surface area contributed by atoms with E-state index in [0.29, 0.717) is 0 Å². The van der Waals surface area contributed by atoms with E-state index in [9.17, 15) is 9.36 Å². The van der Waals surface area contributed by atoms with Crippen LogP contribution in [-0.2, 0) is 9.36 Å². The monoisotopic (exact) mass is 163 g/mol. The summed E-state index contributed by atoms with van der Waals surface area (Å²) in [5, 5.41) is 7.76. The van der Waals surface area contributed by atoms with Crippen LogP contribution in [0.1, 0.15) is 0 Å². The first-order valence-electron chi connectivity index (χ1n) is 1.68. The Morgan fingerprint density at radius 3 is 1.78 bits per heavy atom. The van der Waals surface area contributed by atoms with Crippen molar-refractivity contribution in [3.63, 3.8) is 0 Å². The van der Waals surface area contributed by atoms with E-state index in [-0.39, 0.29) is 29.6 Å². The largest absolute Gasteiger partial charge is 1.00 e. The van der Waals surface area contributed by atoms with Crippen LogP contribution in [0.5, 0.6) is 0 Å². The van der Waals surface area contributed by atoms with Crippen LogP contribution in [0.2, 0.25) is 0 Å². The number of carboxylic acid groups (broad SMARTS) is 1. The Kier molecular flexibility index (Phi) is 6.07.